The molecule has 14 aromatic rings. The Hall–Kier alpha value is -11.1. The van der Waals surface area contributed by atoms with Crippen LogP contribution in [0.5, 0.6) is 23.0 Å². The van der Waals surface area contributed by atoms with E-state index >= 15 is 0 Å². The second kappa shape index (κ2) is 20.5. The van der Waals surface area contributed by atoms with Crippen LogP contribution in [0.2, 0.25) is 0 Å². The molecule has 394 valence electrons. The molecule has 2 aliphatic rings. The second-order valence-electron chi connectivity index (χ2n) is 21.6. The molecule has 0 radical (unpaired) electrons. The lowest BCUT2D eigenvalue weighted by molar-refractivity contribution is 0.468. The molecule has 1 aromatic heterocycles. The summed E-state index contributed by atoms with van der Waals surface area (Å²) < 4.78 is 17.3. The maximum Gasteiger partial charge on any atom is 0.260 e. The third kappa shape index (κ3) is 8.51. The van der Waals surface area contributed by atoms with Crippen molar-refractivity contribution in [3.05, 3.63) is 315 Å². The minimum atomic E-state index is -0.221. The van der Waals surface area contributed by atoms with E-state index in [4.69, 9.17) is 9.47 Å². The number of hydrogen-bond acceptors (Lipinski definition) is 4. The average Bonchev–Trinajstić information content (AvgIpc) is 2.43. The quantitative estimate of drug-likeness (QED) is 0.121. The zero-order valence-electron chi connectivity index (χ0n) is 45.8. The van der Waals surface area contributed by atoms with Crippen LogP contribution in [0.15, 0.2) is 315 Å². The number of rotatable bonds is 11. The highest BCUT2D eigenvalue weighted by atomic mass is 16.5. The molecular formula is C78H52BN3O2. The lowest BCUT2D eigenvalue weighted by atomic mass is 9.34. The standard InChI is InChI=1S/C78H52BN3O2/c1-6-18-53(19-7-1)57-30-38-62(39-31-57)80(63-40-32-58(33-41-63)54-20-8-2-9-21-54)66-46-48-69-73(50-66)83-75-52-72-76(68-28-16-17-29-71(68)82(72)61-26-14-5-15-27-61)78-77(75)79(69)70-49-47-67(51-74(70)84-78)81(64-42-34-59(35-43-64)55-22-10-3-11-23-55)65-44-36-60(37-45-65)56-24-12-4-13-25-56/h1-52H. The van der Waals surface area contributed by atoms with Gasteiger partial charge in [0.2, 0.25) is 0 Å². The third-order valence-corrected chi connectivity index (χ3v) is 16.7. The third-order valence-electron chi connectivity index (χ3n) is 16.7. The molecule has 16 rings (SSSR count). The largest absolute Gasteiger partial charge is 0.458 e. The minimum absolute atomic E-state index is 0.221. The first kappa shape index (κ1) is 48.8. The van der Waals surface area contributed by atoms with Crippen molar-refractivity contribution in [3.63, 3.8) is 0 Å². The topological polar surface area (TPSA) is 29.9 Å². The molecule has 0 fully saturated rings. The molecule has 84 heavy (non-hydrogen) atoms. The number of aromatic nitrogens is 1. The first-order valence-corrected chi connectivity index (χ1v) is 28.7. The monoisotopic (exact) mass is 1070 g/mol. The van der Waals surface area contributed by atoms with Crippen molar-refractivity contribution >= 4 is 79.0 Å². The average molecular weight is 1070 g/mol. The van der Waals surface area contributed by atoms with Gasteiger partial charge in [0, 0.05) is 68.9 Å². The van der Waals surface area contributed by atoms with Crippen LogP contribution in [0.25, 0.3) is 72.0 Å². The van der Waals surface area contributed by atoms with Gasteiger partial charge >= 0.3 is 0 Å². The van der Waals surface area contributed by atoms with Crippen molar-refractivity contribution in [1.29, 1.82) is 0 Å². The fourth-order valence-corrected chi connectivity index (χ4v) is 12.7. The minimum Gasteiger partial charge on any atom is -0.458 e. The Morgan fingerprint density at radius 1 is 0.274 bits per heavy atom. The van der Waals surface area contributed by atoms with Gasteiger partial charge in [0.15, 0.2) is 0 Å². The van der Waals surface area contributed by atoms with Crippen LogP contribution >= 0.6 is 0 Å². The molecule has 2 aliphatic heterocycles. The van der Waals surface area contributed by atoms with Gasteiger partial charge in [-0.25, -0.2) is 0 Å². The molecule has 0 bridgehead atoms. The fraction of sp³-hybridized carbons (Fsp3) is 0. The Bertz CT molecular complexity index is 4550. The molecule has 3 heterocycles. The zero-order valence-corrected chi connectivity index (χ0v) is 45.8. The summed E-state index contributed by atoms with van der Waals surface area (Å²) in [7, 11) is 0. The molecule has 0 saturated heterocycles. The number of nitrogens with zero attached hydrogens (tertiary/aromatic N) is 3. The molecule has 0 aliphatic carbocycles. The highest BCUT2D eigenvalue weighted by molar-refractivity contribution is 6.98. The van der Waals surface area contributed by atoms with E-state index in [1.165, 1.54) is 22.3 Å². The highest BCUT2D eigenvalue weighted by Crippen LogP contribution is 2.48. The summed E-state index contributed by atoms with van der Waals surface area (Å²) in [6.07, 6.45) is 0. The van der Waals surface area contributed by atoms with Crippen molar-refractivity contribution in [1.82, 2.24) is 4.57 Å². The normalized spacial score (nSPS) is 12.0. The van der Waals surface area contributed by atoms with Crippen LogP contribution in [0.1, 0.15) is 0 Å². The Kier molecular flexibility index (Phi) is 11.9. The summed E-state index contributed by atoms with van der Waals surface area (Å²) >= 11 is 0. The van der Waals surface area contributed by atoms with Gasteiger partial charge in [-0.05, 0) is 134 Å². The maximum atomic E-state index is 7.56. The smallest absolute Gasteiger partial charge is 0.260 e. The zero-order chi connectivity index (χ0) is 55.5. The molecule has 0 atom stereocenters. The molecule has 0 N–H and O–H groups in total. The summed E-state index contributed by atoms with van der Waals surface area (Å²) in [6, 6.07) is 113. The van der Waals surface area contributed by atoms with Gasteiger partial charge in [-0.15, -0.1) is 0 Å². The molecule has 0 spiro atoms. The number of benzene rings is 13. The van der Waals surface area contributed by atoms with E-state index in [0.717, 1.165) is 123 Å². The molecule has 13 aromatic carbocycles. The van der Waals surface area contributed by atoms with Crippen LogP contribution in [0, 0.1) is 0 Å². The van der Waals surface area contributed by atoms with Crippen LogP contribution in [-0.2, 0) is 0 Å². The van der Waals surface area contributed by atoms with E-state index < -0.39 is 0 Å². The lowest BCUT2D eigenvalue weighted by Crippen LogP contribution is -2.57. The molecule has 6 heteroatoms. The molecular weight excluding hydrogens is 1020 g/mol. The predicted molar refractivity (Wildman–Crippen MR) is 350 cm³/mol. The van der Waals surface area contributed by atoms with Crippen LogP contribution in [-0.4, -0.2) is 11.3 Å². The number of para-hydroxylation sites is 2. The Morgan fingerprint density at radius 2 is 0.619 bits per heavy atom. The van der Waals surface area contributed by atoms with Crippen molar-refractivity contribution < 1.29 is 9.47 Å². The Morgan fingerprint density at radius 3 is 1.04 bits per heavy atom. The van der Waals surface area contributed by atoms with Crippen LogP contribution < -0.4 is 35.7 Å². The van der Waals surface area contributed by atoms with E-state index in [0.29, 0.717) is 0 Å². The number of fused-ring (bicyclic) bond motifs is 8. The van der Waals surface area contributed by atoms with E-state index in [1.807, 2.05) is 0 Å². The Balaban J connectivity index is 0.876. The summed E-state index contributed by atoms with van der Waals surface area (Å²) in [6.45, 7) is -0.221. The molecule has 0 unspecified atom stereocenters. The van der Waals surface area contributed by atoms with Crippen LogP contribution in [0.3, 0.4) is 0 Å². The maximum absolute atomic E-state index is 7.56. The predicted octanol–water partition coefficient (Wildman–Crippen LogP) is 19.1. The SMILES string of the molecule is c1ccc(-c2ccc(N(c3ccc(-c4ccccc4)cc3)c3ccc4c(c3)Oc3cc5c(c6c3B4c3ccc(N(c4ccc(-c7ccccc7)cc4)c4ccc(-c7ccccc7)cc4)cc3O6)c3ccccc3n5-c3ccccc3)cc2)cc1. The first-order valence-electron chi connectivity index (χ1n) is 28.7. The van der Waals surface area contributed by atoms with Gasteiger partial charge in [-0.1, -0.05) is 218 Å². The summed E-state index contributed by atoms with van der Waals surface area (Å²) in [5, 5.41) is 2.16. The van der Waals surface area contributed by atoms with E-state index in [2.05, 4.69) is 330 Å². The van der Waals surface area contributed by atoms with Gasteiger partial charge in [0.1, 0.15) is 23.0 Å². The number of hydrogen-bond donors (Lipinski definition) is 0. The molecule has 5 nitrogen and oxygen atoms in total. The number of ether oxygens (including phenoxy) is 2. The van der Waals surface area contributed by atoms with Crippen molar-refractivity contribution in [2.45, 2.75) is 0 Å². The van der Waals surface area contributed by atoms with Crippen molar-refractivity contribution in [2.75, 3.05) is 9.80 Å². The number of anilines is 6. The van der Waals surface area contributed by atoms with Gasteiger partial charge in [-0.3, -0.25) is 0 Å². The van der Waals surface area contributed by atoms with E-state index in [9.17, 15) is 0 Å². The summed E-state index contributed by atoms with van der Waals surface area (Å²) in [5.41, 5.74) is 21.7. The van der Waals surface area contributed by atoms with Crippen molar-refractivity contribution in [2.24, 2.45) is 0 Å². The molecule has 0 saturated carbocycles. The fourth-order valence-electron chi connectivity index (χ4n) is 12.7. The first-order chi connectivity index (χ1) is 41.6. The summed E-state index contributed by atoms with van der Waals surface area (Å²) in [5.74, 6) is 3.16. The van der Waals surface area contributed by atoms with Gasteiger partial charge < -0.3 is 23.8 Å². The Labute approximate surface area is 488 Å². The molecule has 0 amide bonds. The van der Waals surface area contributed by atoms with E-state index in [1.54, 1.807) is 0 Å². The highest BCUT2D eigenvalue weighted by Gasteiger charge is 2.43. The second-order valence-corrected chi connectivity index (χ2v) is 21.6. The van der Waals surface area contributed by atoms with E-state index in [-0.39, 0.29) is 6.71 Å². The van der Waals surface area contributed by atoms with Crippen LogP contribution in [0.4, 0.5) is 34.1 Å². The summed E-state index contributed by atoms with van der Waals surface area (Å²) in [4.78, 5) is 4.68. The van der Waals surface area contributed by atoms with Gasteiger partial charge in [-0.2, -0.15) is 0 Å². The van der Waals surface area contributed by atoms with Gasteiger partial charge in [0.25, 0.3) is 6.71 Å². The van der Waals surface area contributed by atoms with Crippen molar-refractivity contribution in [3.8, 4) is 73.2 Å². The lowest BCUT2D eigenvalue weighted by Gasteiger charge is -2.35. The van der Waals surface area contributed by atoms with Gasteiger partial charge in [0.05, 0.1) is 16.4 Å².